The number of piperidine rings is 1. The van der Waals surface area contributed by atoms with E-state index in [9.17, 15) is 4.79 Å². The highest BCUT2D eigenvalue weighted by Gasteiger charge is 2.36. The molecule has 0 aromatic heterocycles. The fraction of sp³-hybridized carbons (Fsp3) is 0.588. The fourth-order valence-electron chi connectivity index (χ4n) is 3.66. The van der Waals surface area contributed by atoms with Crippen molar-refractivity contribution in [2.45, 2.75) is 38.3 Å². The second-order valence-electron chi connectivity index (χ2n) is 5.99. The molecule has 1 saturated heterocycles. The van der Waals surface area contributed by atoms with Crippen LogP contribution in [0.15, 0.2) is 24.3 Å². The summed E-state index contributed by atoms with van der Waals surface area (Å²) in [6, 6.07) is 9.46. The van der Waals surface area contributed by atoms with E-state index in [1.807, 2.05) is 14.0 Å². The Hall–Kier alpha value is -1.55. The van der Waals surface area contributed by atoms with Gasteiger partial charge >= 0.3 is 6.09 Å². The number of benzene rings is 1. The van der Waals surface area contributed by atoms with Crippen molar-refractivity contribution < 1.29 is 9.53 Å². The molecule has 2 aliphatic rings. The molecule has 2 aliphatic heterocycles. The second-order valence-corrected chi connectivity index (χ2v) is 5.99. The predicted octanol–water partition coefficient (Wildman–Crippen LogP) is 2.84. The maximum atomic E-state index is 11.9. The molecular weight excluding hydrogens is 264 g/mol. The van der Waals surface area contributed by atoms with Gasteiger partial charge in [-0.15, -0.1) is 0 Å². The first kappa shape index (κ1) is 14.4. The van der Waals surface area contributed by atoms with Crippen LogP contribution in [0.5, 0.6) is 0 Å². The van der Waals surface area contributed by atoms with Crippen LogP contribution in [0.2, 0.25) is 0 Å². The quantitative estimate of drug-likeness (QED) is 0.839. The van der Waals surface area contributed by atoms with Gasteiger partial charge in [0.15, 0.2) is 0 Å². The Kier molecular flexibility index (Phi) is 4.15. The molecule has 4 nitrogen and oxygen atoms in total. The van der Waals surface area contributed by atoms with Gasteiger partial charge in [-0.3, -0.25) is 4.90 Å². The van der Waals surface area contributed by atoms with Gasteiger partial charge in [0.1, 0.15) is 0 Å². The molecule has 4 heteroatoms. The van der Waals surface area contributed by atoms with E-state index in [4.69, 9.17) is 4.74 Å². The third kappa shape index (κ3) is 2.77. The number of carbonyl (C=O) groups excluding carboxylic acids is 1. The average Bonchev–Trinajstić information content (AvgIpc) is 2.53. The van der Waals surface area contributed by atoms with Crippen LogP contribution in [0.3, 0.4) is 0 Å². The lowest BCUT2D eigenvalue weighted by Gasteiger charge is -2.45. The van der Waals surface area contributed by atoms with Crippen LogP contribution in [-0.2, 0) is 11.2 Å². The van der Waals surface area contributed by atoms with Crippen molar-refractivity contribution in [2.24, 2.45) is 0 Å². The van der Waals surface area contributed by atoms with Crippen molar-refractivity contribution in [3.8, 4) is 0 Å². The normalized spacial score (nSPS) is 24.9. The molecule has 1 amide bonds. The van der Waals surface area contributed by atoms with Crippen LogP contribution in [0.25, 0.3) is 0 Å². The summed E-state index contributed by atoms with van der Waals surface area (Å²) in [6.45, 7) is 4.49. The Morgan fingerprint density at radius 1 is 1.38 bits per heavy atom. The summed E-state index contributed by atoms with van der Waals surface area (Å²) in [7, 11) is 1.87. The van der Waals surface area contributed by atoms with E-state index in [-0.39, 0.29) is 12.1 Å². The molecule has 0 saturated carbocycles. The molecule has 1 aromatic carbocycles. The third-order valence-electron chi connectivity index (χ3n) is 4.87. The van der Waals surface area contributed by atoms with Crippen LogP contribution >= 0.6 is 0 Å². The van der Waals surface area contributed by atoms with E-state index in [1.54, 1.807) is 4.90 Å². The van der Waals surface area contributed by atoms with E-state index < -0.39 is 0 Å². The molecule has 0 spiro atoms. The monoisotopic (exact) mass is 288 g/mol. The van der Waals surface area contributed by atoms with Crippen LogP contribution in [0, 0.1) is 0 Å². The first-order valence-corrected chi connectivity index (χ1v) is 7.92. The van der Waals surface area contributed by atoms with Crippen LogP contribution in [-0.4, -0.2) is 48.7 Å². The summed E-state index contributed by atoms with van der Waals surface area (Å²) < 4.78 is 5.14. The summed E-state index contributed by atoms with van der Waals surface area (Å²) in [5, 5.41) is 0. The van der Waals surface area contributed by atoms with Gasteiger partial charge in [0.2, 0.25) is 0 Å². The van der Waals surface area contributed by atoms with Gasteiger partial charge in [-0.25, -0.2) is 4.79 Å². The molecule has 3 rings (SSSR count). The zero-order chi connectivity index (χ0) is 14.8. The minimum Gasteiger partial charge on any atom is -0.450 e. The van der Waals surface area contributed by atoms with Crippen molar-refractivity contribution in [2.75, 3.05) is 26.7 Å². The van der Waals surface area contributed by atoms with Gasteiger partial charge in [0.25, 0.3) is 0 Å². The maximum Gasteiger partial charge on any atom is 0.409 e. The fourth-order valence-corrected chi connectivity index (χ4v) is 3.66. The number of carbonyl (C=O) groups is 1. The third-order valence-corrected chi connectivity index (χ3v) is 4.87. The zero-order valence-electron chi connectivity index (χ0n) is 12.9. The molecule has 0 radical (unpaired) electrons. The van der Waals surface area contributed by atoms with Crippen molar-refractivity contribution >= 4 is 6.09 Å². The number of amides is 1. The largest absolute Gasteiger partial charge is 0.450 e. The molecule has 0 bridgehead atoms. The molecule has 0 N–H and O–H groups in total. The van der Waals surface area contributed by atoms with Gasteiger partial charge in [-0.2, -0.15) is 0 Å². The summed E-state index contributed by atoms with van der Waals surface area (Å²) in [5.74, 6) is 0. The highest BCUT2D eigenvalue weighted by Crippen LogP contribution is 2.37. The van der Waals surface area contributed by atoms with E-state index in [1.165, 1.54) is 11.1 Å². The Morgan fingerprint density at radius 2 is 2.19 bits per heavy atom. The lowest BCUT2D eigenvalue weighted by molar-refractivity contribution is 0.0546. The molecule has 0 aliphatic carbocycles. The number of ether oxygens (including phenoxy) is 1. The topological polar surface area (TPSA) is 32.8 Å². The van der Waals surface area contributed by atoms with E-state index >= 15 is 0 Å². The van der Waals surface area contributed by atoms with Gasteiger partial charge < -0.3 is 9.64 Å². The Bertz CT molecular complexity index is 517. The van der Waals surface area contributed by atoms with Crippen molar-refractivity contribution in [1.29, 1.82) is 0 Å². The summed E-state index contributed by atoms with van der Waals surface area (Å²) in [5.41, 5.74) is 2.92. The number of hydrogen-bond donors (Lipinski definition) is 0. The maximum absolute atomic E-state index is 11.9. The number of hydrogen-bond acceptors (Lipinski definition) is 3. The number of rotatable bonds is 2. The summed E-state index contributed by atoms with van der Waals surface area (Å²) in [4.78, 5) is 16.3. The molecular formula is C17H24N2O2. The highest BCUT2D eigenvalue weighted by molar-refractivity contribution is 5.67. The molecule has 114 valence electrons. The van der Waals surface area contributed by atoms with Gasteiger partial charge in [0, 0.05) is 32.2 Å². The molecule has 0 unspecified atom stereocenters. The minimum atomic E-state index is -0.194. The highest BCUT2D eigenvalue weighted by atomic mass is 16.6. The molecule has 21 heavy (non-hydrogen) atoms. The van der Waals surface area contributed by atoms with E-state index in [0.717, 1.165) is 32.4 Å². The predicted molar refractivity (Wildman–Crippen MR) is 82.3 cm³/mol. The standard InChI is InChI=1S/C17H24N2O2/c1-3-21-17(20)18(2)14-9-11-19-10-8-13-6-4-5-7-15(13)16(19)12-14/h4-7,14,16H,3,8-12H2,1-2H3/t14-,16+/m1/s1. The van der Waals surface area contributed by atoms with Gasteiger partial charge in [-0.05, 0) is 37.3 Å². The van der Waals surface area contributed by atoms with Gasteiger partial charge in [-0.1, -0.05) is 24.3 Å². The van der Waals surface area contributed by atoms with Crippen molar-refractivity contribution in [1.82, 2.24) is 9.80 Å². The van der Waals surface area contributed by atoms with Crippen LogP contribution in [0.4, 0.5) is 4.79 Å². The Morgan fingerprint density at radius 3 is 3.00 bits per heavy atom. The molecule has 1 aromatic rings. The van der Waals surface area contributed by atoms with Crippen molar-refractivity contribution in [3.63, 3.8) is 0 Å². The SMILES string of the molecule is CCOC(=O)N(C)[C@@H]1CCN2CCc3ccccc3[C@@H]2C1. The smallest absolute Gasteiger partial charge is 0.409 e. The van der Waals surface area contributed by atoms with Crippen LogP contribution < -0.4 is 0 Å². The molecule has 2 atom stereocenters. The molecule has 2 heterocycles. The van der Waals surface area contributed by atoms with Crippen LogP contribution in [0.1, 0.15) is 36.9 Å². The zero-order valence-corrected chi connectivity index (χ0v) is 12.9. The minimum absolute atomic E-state index is 0.194. The second kappa shape index (κ2) is 6.06. The lowest BCUT2D eigenvalue weighted by atomic mass is 9.85. The number of fused-ring (bicyclic) bond motifs is 3. The van der Waals surface area contributed by atoms with E-state index in [0.29, 0.717) is 12.6 Å². The van der Waals surface area contributed by atoms with E-state index in [2.05, 4.69) is 29.2 Å². The number of nitrogens with zero attached hydrogens (tertiary/aromatic N) is 2. The first-order valence-electron chi connectivity index (χ1n) is 7.92. The summed E-state index contributed by atoms with van der Waals surface area (Å²) >= 11 is 0. The Balaban J connectivity index is 1.76. The first-order chi connectivity index (χ1) is 10.2. The van der Waals surface area contributed by atoms with Crippen molar-refractivity contribution in [3.05, 3.63) is 35.4 Å². The summed E-state index contributed by atoms with van der Waals surface area (Å²) in [6.07, 6.45) is 2.99. The van der Waals surface area contributed by atoms with Gasteiger partial charge in [0.05, 0.1) is 6.61 Å². The molecule has 1 fully saturated rings. The average molecular weight is 288 g/mol. The lowest BCUT2D eigenvalue weighted by Crippen LogP contribution is -2.49. The Labute approximate surface area is 126 Å².